The van der Waals surface area contributed by atoms with Crippen molar-refractivity contribution in [2.75, 3.05) is 18.5 Å². The van der Waals surface area contributed by atoms with Crippen LogP contribution in [0.25, 0.3) is 11.0 Å². The lowest BCUT2D eigenvalue weighted by Crippen LogP contribution is -2.31. The van der Waals surface area contributed by atoms with Gasteiger partial charge in [0.05, 0.1) is 11.0 Å². The molecular weight excluding hydrogens is 424 g/mol. The summed E-state index contributed by atoms with van der Waals surface area (Å²) in [5.41, 5.74) is 3.04. The zero-order chi connectivity index (χ0) is 22.5. The lowest BCUT2D eigenvalue weighted by molar-refractivity contribution is -0.118. The van der Waals surface area contributed by atoms with E-state index in [0.717, 1.165) is 22.5 Å². The maximum absolute atomic E-state index is 13.0. The number of fused-ring (bicyclic) bond motifs is 1. The fraction of sp³-hybridized carbons (Fsp3) is 0.160. The summed E-state index contributed by atoms with van der Waals surface area (Å²) in [5.74, 6) is 0.492. The number of benzene rings is 3. The van der Waals surface area contributed by atoms with Crippen molar-refractivity contribution in [2.45, 2.75) is 13.0 Å². The van der Waals surface area contributed by atoms with E-state index in [0.29, 0.717) is 23.6 Å². The summed E-state index contributed by atoms with van der Waals surface area (Å²) in [6, 6.07) is 24.1. The SMILES string of the molecule is CN(C(=O)Cn1c(CCNC(=O)c2cccc(Cl)c2)nc2ccccc21)c1ccccc1. The van der Waals surface area contributed by atoms with Crippen LogP contribution in [0.15, 0.2) is 78.9 Å². The second kappa shape index (κ2) is 9.66. The molecule has 4 rings (SSSR count). The summed E-state index contributed by atoms with van der Waals surface area (Å²) in [6.45, 7) is 0.543. The van der Waals surface area contributed by atoms with Gasteiger partial charge in [-0.3, -0.25) is 9.59 Å². The van der Waals surface area contributed by atoms with Gasteiger partial charge in [-0.2, -0.15) is 0 Å². The van der Waals surface area contributed by atoms with Gasteiger partial charge in [0.15, 0.2) is 0 Å². The molecule has 0 fully saturated rings. The van der Waals surface area contributed by atoms with Crippen molar-refractivity contribution in [3.8, 4) is 0 Å². The quantitative estimate of drug-likeness (QED) is 0.459. The van der Waals surface area contributed by atoms with E-state index in [-0.39, 0.29) is 18.4 Å². The maximum Gasteiger partial charge on any atom is 0.251 e. The molecule has 1 aromatic heterocycles. The molecule has 7 heteroatoms. The molecule has 0 unspecified atom stereocenters. The van der Waals surface area contributed by atoms with Crippen molar-refractivity contribution in [1.82, 2.24) is 14.9 Å². The number of anilines is 1. The highest BCUT2D eigenvalue weighted by molar-refractivity contribution is 6.30. The highest BCUT2D eigenvalue weighted by atomic mass is 35.5. The van der Waals surface area contributed by atoms with Crippen molar-refractivity contribution >= 4 is 40.1 Å². The Balaban J connectivity index is 1.50. The number of carbonyl (C=O) groups is 2. The Morgan fingerprint density at radius 2 is 1.75 bits per heavy atom. The molecule has 0 aliphatic carbocycles. The number of likely N-dealkylation sites (N-methyl/N-ethyl adjacent to an activating group) is 1. The van der Waals surface area contributed by atoms with Crippen LogP contribution < -0.4 is 10.2 Å². The average Bonchev–Trinajstić information content (AvgIpc) is 3.16. The zero-order valence-corrected chi connectivity index (χ0v) is 18.4. The summed E-state index contributed by atoms with van der Waals surface area (Å²) >= 11 is 5.97. The van der Waals surface area contributed by atoms with Gasteiger partial charge in [0, 0.05) is 36.3 Å². The number of hydrogen-bond donors (Lipinski definition) is 1. The Labute approximate surface area is 191 Å². The van der Waals surface area contributed by atoms with Crippen molar-refractivity contribution in [3.05, 3.63) is 95.3 Å². The zero-order valence-electron chi connectivity index (χ0n) is 17.7. The van der Waals surface area contributed by atoms with E-state index in [1.165, 1.54) is 0 Å². The van der Waals surface area contributed by atoms with Crippen molar-refractivity contribution in [3.63, 3.8) is 0 Å². The summed E-state index contributed by atoms with van der Waals surface area (Å²) in [6.07, 6.45) is 0.489. The fourth-order valence-corrected chi connectivity index (χ4v) is 3.74. The first-order chi connectivity index (χ1) is 15.5. The van der Waals surface area contributed by atoms with Gasteiger partial charge in [-0.1, -0.05) is 48.0 Å². The van der Waals surface area contributed by atoms with Crippen LogP contribution >= 0.6 is 11.6 Å². The third-order valence-electron chi connectivity index (χ3n) is 5.27. The van der Waals surface area contributed by atoms with Crippen molar-refractivity contribution in [2.24, 2.45) is 0 Å². The number of nitrogens with one attached hydrogen (secondary N) is 1. The smallest absolute Gasteiger partial charge is 0.251 e. The number of para-hydroxylation sites is 3. The van der Waals surface area contributed by atoms with Crippen LogP contribution in [0.2, 0.25) is 5.02 Å². The molecule has 0 aliphatic heterocycles. The van der Waals surface area contributed by atoms with E-state index in [2.05, 4.69) is 5.32 Å². The van der Waals surface area contributed by atoms with Gasteiger partial charge in [0.25, 0.3) is 5.91 Å². The van der Waals surface area contributed by atoms with E-state index in [1.54, 1.807) is 36.2 Å². The van der Waals surface area contributed by atoms with Crippen LogP contribution in [0.5, 0.6) is 0 Å². The van der Waals surface area contributed by atoms with Gasteiger partial charge >= 0.3 is 0 Å². The minimum Gasteiger partial charge on any atom is -0.352 e. The van der Waals surface area contributed by atoms with Gasteiger partial charge in [0.1, 0.15) is 12.4 Å². The summed E-state index contributed by atoms with van der Waals surface area (Å²) in [5, 5.41) is 3.42. The molecule has 0 bridgehead atoms. The fourth-order valence-electron chi connectivity index (χ4n) is 3.55. The van der Waals surface area contributed by atoms with Crippen LogP contribution in [0.3, 0.4) is 0 Å². The van der Waals surface area contributed by atoms with E-state index in [4.69, 9.17) is 16.6 Å². The minimum atomic E-state index is -0.199. The predicted molar refractivity (Wildman–Crippen MR) is 127 cm³/mol. The molecule has 6 nitrogen and oxygen atoms in total. The number of imidazole rings is 1. The van der Waals surface area contributed by atoms with E-state index < -0.39 is 0 Å². The number of nitrogens with zero attached hydrogens (tertiary/aromatic N) is 3. The standard InChI is InChI=1S/C25H23ClN4O2/c1-29(20-10-3-2-4-11-20)24(31)17-30-22-13-6-5-12-21(22)28-23(30)14-15-27-25(32)18-8-7-9-19(26)16-18/h2-13,16H,14-15,17H2,1H3,(H,27,32). The van der Waals surface area contributed by atoms with Crippen LogP contribution in [0, 0.1) is 0 Å². The molecule has 0 saturated heterocycles. The van der Waals surface area contributed by atoms with Gasteiger partial charge < -0.3 is 14.8 Å². The number of halogens is 1. The first-order valence-electron chi connectivity index (χ1n) is 10.3. The van der Waals surface area contributed by atoms with Gasteiger partial charge in [-0.15, -0.1) is 0 Å². The Bertz CT molecular complexity index is 1250. The molecule has 0 saturated carbocycles. The summed E-state index contributed by atoms with van der Waals surface area (Å²) in [4.78, 5) is 31.8. The predicted octanol–water partition coefficient (Wildman–Crippen LogP) is 4.33. The molecule has 1 N–H and O–H groups in total. The molecule has 1 heterocycles. The Morgan fingerprint density at radius 3 is 2.53 bits per heavy atom. The lowest BCUT2D eigenvalue weighted by Gasteiger charge is -2.18. The molecule has 0 radical (unpaired) electrons. The second-order valence-corrected chi connectivity index (χ2v) is 7.84. The lowest BCUT2D eigenvalue weighted by atomic mass is 10.2. The van der Waals surface area contributed by atoms with Crippen LogP contribution in [0.1, 0.15) is 16.2 Å². The first-order valence-corrected chi connectivity index (χ1v) is 10.7. The van der Waals surface area contributed by atoms with E-state index in [1.807, 2.05) is 59.2 Å². The largest absolute Gasteiger partial charge is 0.352 e. The average molecular weight is 447 g/mol. The Kier molecular flexibility index (Phi) is 6.52. The van der Waals surface area contributed by atoms with Gasteiger partial charge in [0.2, 0.25) is 5.91 Å². The van der Waals surface area contributed by atoms with Gasteiger partial charge in [-0.05, 0) is 42.5 Å². The number of carbonyl (C=O) groups excluding carboxylic acids is 2. The second-order valence-electron chi connectivity index (χ2n) is 7.41. The van der Waals surface area contributed by atoms with Crippen LogP contribution in [0.4, 0.5) is 5.69 Å². The number of rotatable bonds is 7. The minimum absolute atomic E-state index is 0.0523. The van der Waals surface area contributed by atoms with Crippen molar-refractivity contribution in [1.29, 1.82) is 0 Å². The molecule has 32 heavy (non-hydrogen) atoms. The summed E-state index contributed by atoms with van der Waals surface area (Å²) in [7, 11) is 1.77. The molecule has 3 aromatic carbocycles. The van der Waals surface area contributed by atoms with Crippen molar-refractivity contribution < 1.29 is 9.59 Å². The first kappa shape index (κ1) is 21.6. The highest BCUT2D eigenvalue weighted by Gasteiger charge is 2.17. The molecule has 4 aromatic rings. The molecule has 0 aliphatic rings. The summed E-state index contributed by atoms with van der Waals surface area (Å²) < 4.78 is 1.92. The topological polar surface area (TPSA) is 67.2 Å². The third-order valence-corrected chi connectivity index (χ3v) is 5.50. The number of aromatic nitrogens is 2. The maximum atomic E-state index is 13.0. The van der Waals surface area contributed by atoms with Gasteiger partial charge in [-0.25, -0.2) is 4.98 Å². The van der Waals surface area contributed by atoms with Crippen LogP contribution in [-0.2, 0) is 17.8 Å². The van der Waals surface area contributed by atoms with E-state index >= 15 is 0 Å². The molecule has 2 amide bonds. The van der Waals surface area contributed by atoms with E-state index in [9.17, 15) is 9.59 Å². The number of amides is 2. The normalized spacial score (nSPS) is 10.8. The molecular formula is C25H23ClN4O2. The number of hydrogen-bond acceptors (Lipinski definition) is 3. The molecule has 0 atom stereocenters. The Hall–Kier alpha value is -3.64. The molecule has 0 spiro atoms. The Morgan fingerprint density at radius 1 is 1.00 bits per heavy atom. The van der Waals surface area contributed by atoms with Crippen LogP contribution in [-0.4, -0.2) is 35.0 Å². The monoisotopic (exact) mass is 446 g/mol. The third kappa shape index (κ3) is 4.81. The molecule has 162 valence electrons. The highest BCUT2D eigenvalue weighted by Crippen LogP contribution is 2.18.